The Morgan fingerprint density at radius 1 is 1.29 bits per heavy atom. The van der Waals surface area contributed by atoms with Gasteiger partial charge in [0.1, 0.15) is 5.75 Å². The Kier molecular flexibility index (Phi) is 7.13. The first-order valence-electron chi connectivity index (χ1n) is 6.30. The summed E-state index contributed by atoms with van der Waals surface area (Å²) in [6, 6.07) is 8.70. The van der Waals surface area contributed by atoms with E-state index < -0.39 is 0 Å². The molecule has 1 atom stereocenters. The molecule has 1 rings (SSSR count). The Bertz CT molecular complexity index is 317. The summed E-state index contributed by atoms with van der Waals surface area (Å²) in [7, 11) is 2.01. The standard InChI is InChI=1S/C14H23NOS/c1-4-10-16-14-9-7-6-8-12(14)13(15-3)11-17-5-2/h6-9,13,15H,4-5,10-11H2,1-3H3. The summed E-state index contributed by atoms with van der Waals surface area (Å²) in [5.41, 5.74) is 1.27. The maximum Gasteiger partial charge on any atom is 0.124 e. The van der Waals surface area contributed by atoms with E-state index in [1.165, 1.54) is 5.56 Å². The Morgan fingerprint density at radius 2 is 2.06 bits per heavy atom. The topological polar surface area (TPSA) is 21.3 Å². The van der Waals surface area contributed by atoms with Gasteiger partial charge in [0.15, 0.2) is 0 Å². The van der Waals surface area contributed by atoms with Crippen LogP contribution in [0.15, 0.2) is 24.3 Å². The van der Waals surface area contributed by atoms with Crippen LogP contribution >= 0.6 is 11.8 Å². The van der Waals surface area contributed by atoms with Crippen molar-refractivity contribution in [3.63, 3.8) is 0 Å². The zero-order valence-electron chi connectivity index (χ0n) is 11.0. The summed E-state index contributed by atoms with van der Waals surface area (Å²) in [5, 5.41) is 3.37. The van der Waals surface area contributed by atoms with Gasteiger partial charge in [0, 0.05) is 17.4 Å². The monoisotopic (exact) mass is 253 g/mol. The highest BCUT2D eigenvalue weighted by atomic mass is 32.2. The average molecular weight is 253 g/mol. The van der Waals surface area contributed by atoms with Gasteiger partial charge >= 0.3 is 0 Å². The molecule has 0 bridgehead atoms. The van der Waals surface area contributed by atoms with E-state index in [1.54, 1.807) is 0 Å². The molecule has 0 spiro atoms. The molecule has 96 valence electrons. The lowest BCUT2D eigenvalue weighted by Crippen LogP contribution is -2.19. The first-order valence-corrected chi connectivity index (χ1v) is 7.45. The molecule has 0 aliphatic rings. The van der Waals surface area contributed by atoms with Crippen molar-refractivity contribution in [2.75, 3.05) is 25.2 Å². The second kappa shape index (κ2) is 8.43. The molecule has 0 fully saturated rings. The summed E-state index contributed by atoms with van der Waals surface area (Å²) in [5.74, 6) is 3.25. The molecule has 0 radical (unpaired) electrons. The molecule has 0 saturated carbocycles. The van der Waals surface area contributed by atoms with Crippen LogP contribution in [-0.4, -0.2) is 25.2 Å². The largest absolute Gasteiger partial charge is 0.493 e. The van der Waals surface area contributed by atoms with E-state index in [1.807, 2.05) is 24.9 Å². The Labute approximate surface area is 109 Å². The first-order chi connectivity index (χ1) is 8.33. The van der Waals surface area contributed by atoms with Gasteiger partial charge in [-0.2, -0.15) is 11.8 Å². The van der Waals surface area contributed by atoms with E-state index in [-0.39, 0.29) is 0 Å². The summed E-state index contributed by atoms with van der Waals surface area (Å²) < 4.78 is 5.80. The summed E-state index contributed by atoms with van der Waals surface area (Å²) in [4.78, 5) is 0. The van der Waals surface area contributed by atoms with Crippen LogP contribution in [0.1, 0.15) is 31.9 Å². The molecule has 2 nitrogen and oxygen atoms in total. The van der Waals surface area contributed by atoms with Crippen LogP contribution in [0.25, 0.3) is 0 Å². The number of ether oxygens (including phenoxy) is 1. The van der Waals surface area contributed by atoms with Gasteiger partial charge < -0.3 is 10.1 Å². The minimum atomic E-state index is 0.369. The molecule has 1 N–H and O–H groups in total. The van der Waals surface area contributed by atoms with E-state index in [9.17, 15) is 0 Å². The van der Waals surface area contributed by atoms with Gasteiger partial charge in [0.25, 0.3) is 0 Å². The Hall–Kier alpha value is -0.670. The van der Waals surface area contributed by atoms with Crippen molar-refractivity contribution < 1.29 is 4.74 Å². The quantitative estimate of drug-likeness (QED) is 0.766. The lowest BCUT2D eigenvalue weighted by molar-refractivity contribution is 0.311. The molecule has 1 aromatic carbocycles. The van der Waals surface area contributed by atoms with Crippen LogP contribution < -0.4 is 10.1 Å². The summed E-state index contributed by atoms with van der Waals surface area (Å²) in [6.07, 6.45) is 1.04. The molecule has 1 aromatic rings. The molecule has 0 heterocycles. The van der Waals surface area contributed by atoms with Gasteiger partial charge in [-0.05, 0) is 25.3 Å². The van der Waals surface area contributed by atoms with Crippen molar-refractivity contribution in [2.24, 2.45) is 0 Å². The lowest BCUT2D eigenvalue weighted by Gasteiger charge is -2.19. The van der Waals surface area contributed by atoms with Crippen LogP contribution in [-0.2, 0) is 0 Å². The van der Waals surface area contributed by atoms with Gasteiger partial charge in [-0.1, -0.05) is 32.0 Å². The van der Waals surface area contributed by atoms with E-state index in [2.05, 4.69) is 37.4 Å². The van der Waals surface area contributed by atoms with Crippen LogP contribution in [0, 0.1) is 0 Å². The molecule has 0 aliphatic heterocycles. The van der Waals surface area contributed by atoms with Crippen LogP contribution in [0.3, 0.4) is 0 Å². The van der Waals surface area contributed by atoms with Crippen LogP contribution in [0.4, 0.5) is 0 Å². The fraction of sp³-hybridized carbons (Fsp3) is 0.571. The van der Waals surface area contributed by atoms with Gasteiger partial charge in [-0.25, -0.2) is 0 Å². The number of hydrogen-bond acceptors (Lipinski definition) is 3. The molecule has 0 amide bonds. The molecule has 3 heteroatoms. The summed E-state index contributed by atoms with van der Waals surface area (Å²) in [6.45, 7) is 5.11. The van der Waals surface area contributed by atoms with Gasteiger partial charge in [-0.3, -0.25) is 0 Å². The molecule has 17 heavy (non-hydrogen) atoms. The predicted octanol–water partition coefficient (Wildman–Crippen LogP) is 3.49. The van der Waals surface area contributed by atoms with Gasteiger partial charge in [0.05, 0.1) is 6.61 Å². The molecule has 0 saturated heterocycles. The smallest absolute Gasteiger partial charge is 0.124 e. The number of rotatable bonds is 8. The second-order valence-electron chi connectivity index (χ2n) is 3.89. The highest BCUT2D eigenvalue weighted by molar-refractivity contribution is 7.99. The minimum Gasteiger partial charge on any atom is -0.493 e. The van der Waals surface area contributed by atoms with Crippen molar-refractivity contribution in [2.45, 2.75) is 26.3 Å². The SMILES string of the molecule is CCCOc1ccccc1C(CSCC)NC. The van der Waals surface area contributed by atoms with Crippen molar-refractivity contribution in [3.05, 3.63) is 29.8 Å². The fourth-order valence-electron chi connectivity index (χ4n) is 1.68. The molecule has 0 aliphatic carbocycles. The second-order valence-corrected chi connectivity index (χ2v) is 5.21. The fourth-order valence-corrected chi connectivity index (χ4v) is 2.49. The third-order valence-electron chi connectivity index (χ3n) is 2.59. The van der Waals surface area contributed by atoms with Gasteiger partial charge in [0.2, 0.25) is 0 Å². The molecular formula is C14H23NOS. The van der Waals surface area contributed by atoms with E-state index >= 15 is 0 Å². The Morgan fingerprint density at radius 3 is 2.71 bits per heavy atom. The number of benzene rings is 1. The average Bonchev–Trinajstić information content (AvgIpc) is 2.38. The van der Waals surface area contributed by atoms with Gasteiger partial charge in [-0.15, -0.1) is 0 Å². The zero-order chi connectivity index (χ0) is 12.5. The molecule has 1 unspecified atom stereocenters. The summed E-state index contributed by atoms with van der Waals surface area (Å²) >= 11 is 1.95. The molecular weight excluding hydrogens is 230 g/mol. The van der Waals surface area contributed by atoms with Crippen molar-refractivity contribution >= 4 is 11.8 Å². The molecule has 0 aromatic heterocycles. The van der Waals surface area contributed by atoms with Crippen LogP contribution in [0.2, 0.25) is 0 Å². The first kappa shape index (κ1) is 14.4. The highest BCUT2D eigenvalue weighted by Crippen LogP contribution is 2.27. The predicted molar refractivity (Wildman–Crippen MR) is 77.0 cm³/mol. The van der Waals surface area contributed by atoms with Crippen molar-refractivity contribution in [1.29, 1.82) is 0 Å². The van der Waals surface area contributed by atoms with E-state index in [4.69, 9.17) is 4.74 Å². The maximum atomic E-state index is 5.80. The minimum absolute atomic E-state index is 0.369. The third-order valence-corrected chi connectivity index (χ3v) is 3.57. The number of hydrogen-bond donors (Lipinski definition) is 1. The van der Waals surface area contributed by atoms with Crippen LogP contribution in [0.5, 0.6) is 5.75 Å². The number of thioether (sulfide) groups is 1. The number of nitrogens with one attached hydrogen (secondary N) is 1. The third kappa shape index (κ3) is 4.60. The normalized spacial score (nSPS) is 12.4. The zero-order valence-corrected chi connectivity index (χ0v) is 11.8. The maximum absolute atomic E-state index is 5.80. The Balaban J connectivity index is 2.77. The lowest BCUT2D eigenvalue weighted by atomic mass is 10.1. The van der Waals surface area contributed by atoms with Crippen molar-refractivity contribution in [1.82, 2.24) is 5.32 Å². The number of para-hydroxylation sites is 1. The highest BCUT2D eigenvalue weighted by Gasteiger charge is 2.13. The van der Waals surface area contributed by atoms with E-state index in [0.717, 1.165) is 30.3 Å². The van der Waals surface area contributed by atoms with Crippen molar-refractivity contribution in [3.8, 4) is 5.75 Å². The van der Waals surface area contributed by atoms with E-state index in [0.29, 0.717) is 6.04 Å².